The minimum absolute atomic E-state index is 0.257. The van der Waals surface area contributed by atoms with Crippen molar-refractivity contribution in [2.24, 2.45) is 0 Å². The third-order valence-electron chi connectivity index (χ3n) is 3.18. The Balaban J connectivity index is 2.18. The molecule has 0 saturated carbocycles. The van der Waals surface area contributed by atoms with Crippen molar-refractivity contribution >= 4 is 11.7 Å². The van der Waals surface area contributed by atoms with Gasteiger partial charge in [-0.2, -0.15) is 0 Å². The highest BCUT2D eigenvalue weighted by molar-refractivity contribution is 5.74. The van der Waals surface area contributed by atoms with E-state index in [-0.39, 0.29) is 6.09 Å². The monoisotopic (exact) mass is 273 g/mol. The molecule has 0 atom stereocenters. The maximum absolute atomic E-state index is 12.2. The highest BCUT2D eigenvalue weighted by Crippen LogP contribution is 2.25. The van der Waals surface area contributed by atoms with Crippen LogP contribution in [-0.2, 0) is 4.74 Å². The fraction of sp³-hybridized carbons (Fsp3) is 0.471. The Labute approximate surface area is 121 Å². The summed E-state index contributed by atoms with van der Waals surface area (Å²) in [5.41, 5.74) is 1.93. The molecular formula is C17H23NO2. The number of ether oxygens (including phenoxy) is 1. The normalized spacial score (nSPS) is 16.4. The van der Waals surface area contributed by atoms with Crippen molar-refractivity contribution < 1.29 is 9.53 Å². The van der Waals surface area contributed by atoms with Gasteiger partial charge in [0.2, 0.25) is 0 Å². The highest BCUT2D eigenvalue weighted by atomic mass is 16.6. The molecule has 0 radical (unpaired) electrons. The Morgan fingerprint density at radius 3 is 2.50 bits per heavy atom. The highest BCUT2D eigenvalue weighted by Gasteiger charge is 2.22. The van der Waals surface area contributed by atoms with Gasteiger partial charge in [-0.3, -0.25) is 4.90 Å². The smallest absolute Gasteiger partial charge is 0.414 e. The van der Waals surface area contributed by atoms with Crippen LogP contribution in [0.1, 0.15) is 45.6 Å². The fourth-order valence-electron chi connectivity index (χ4n) is 2.25. The molecule has 3 heteroatoms. The van der Waals surface area contributed by atoms with Gasteiger partial charge >= 0.3 is 6.09 Å². The summed E-state index contributed by atoms with van der Waals surface area (Å²) in [5.74, 6) is 0. The molecule has 1 aliphatic rings. The summed E-state index contributed by atoms with van der Waals surface area (Å²) in [6, 6.07) is 10.2. The number of carbonyl (C=O) groups excluding carboxylic acids is 1. The van der Waals surface area contributed by atoms with E-state index in [1.807, 2.05) is 45.2 Å². The number of amides is 1. The minimum Gasteiger partial charge on any atom is -0.443 e. The van der Waals surface area contributed by atoms with Crippen LogP contribution < -0.4 is 0 Å². The third kappa shape index (κ3) is 4.12. The molecule has 0 N–H and O–H groups in total. The van der Waals surface area contributed by atoms with Crippen molar-refractivity contribution in [2.45, 2.75) is 45.6 Å². The number of hydrogen-bond acceptors (Lipinski definition) is 2. The zero-order chi connectivity index (χ0) is 14.6. The second kappa shape index (κ2) is 6.12. The fourth-order valence-corrected chi connectivity index (χ4v) is 2.25. The molecule has 0 bridgehead atoms. The lowest BCUT2D eigenvalue weighted by Gasteiger charge is -2.25. The molecule has 3 nitrogen and oxygen atoms in total. The number of rotatable bonds is 1. The van der Waals surface area contributed by atoms with Gasteiger partial charge in [-0.05, 0) is 51.2 Å². The Hall–Kier alpha value is -1.77. The topological polar surface area (TPSA) is 29.5 Å². The largest absolute Gasteiger partial charge is 0.443 e. The summed E-state index contributed by atoms with van der Waals surface area (Å²) in [4.78, 5) is 13.9. The molecule has 1 aromatic carbocycles. The standard InChI is InChI=1S/C17H23NO2/c1-17(2,3)20-16(19)18-12-8-7-11-15(13-18)14-9-5-4-6-10-14/h4-6,9-10,13H,7-8,11-12H2,1-3H3. The number of hydrogen-bond donors (Lipinski definition) is 0. The van der Waals surface area contributed by atoms with E-state index < -0.39 is 5.60 Å². The van der Waals surface area contributed by atoms with Crippen LogP contribution >= 0.6 is 0 Å². The minimum atomic E-state index is -0.454. The molecule has 0 spiro atoms. The summed E-state index contributed by atoms with van der Waals surface area (Å²) < 4.78 is 5.46. The van der Waals surface area contributed by atoms with Gasteiger partial charge in [0.25, 0.3) is 0 Å². The van der Waals surface area contributed by atoms with Crippen LogP contribution in [0.3, 0.4) is 0 Å². The first kappa shape index (κ1) is 14.6. The lowest BCUT2D eigenvalue weighted by Crippen LogP contribution is -2.33. The van der Waals surface area contributed by atoms with E-state index in [0.717, 1.165) is 25.8 Å². The second-order valence-corrected chi connectivity index (χ2v) is 6.15. The SMILES string of the molecule is CC(C)(C)OC(=O)N1C=C(c2ccccc2)CCCC1. The Morgan fingerprint density at radius 1 is 1.15 bits per heavy atom. The molecule has 108 valence electrons. The van der Waals surface area contributed by atoms with E-state index in [1.165, 1.54) is 11.1 Å². The third-order valence-corrected chi connectivity index (χ3v) is 3.18. The first-order chi connectivity index (χ1) is 9.46. The predicted molar refractivity (Wildman–Crippen MR) is 81.2 cm³/mol. The van der Waals surface area contributed by atoms with Crippen molar-refractivity contribution in [1.82, 2.24) is 4.90 Å². The van der Waals surface area contributed by atoms with Gasteiger partial charge in [-0.1, -0.05) is 30.3 Å². The maximum atomic E-state index is 12.2. The van der Waals surface area contributed by atoms with E-state index in [1.54, 1.807) is 4.90 Å². The molecule has 20 heavy (non-hydrogen) atoms. The number of nitrogens with zero attached hydrogens (tertiary/aromatic N) is 1. The second-order valence-electron chi connectivity index (χ2n) is 6.15. The van der Waals surface area contributed by atoms with Crippen LogP contribution in [-0.4, -0.2) is 23.1 Å². The predicted octanol–water partition coefficient (Wildman–Crippen LogP) is 4.45. The molecule has 0 aromatic heterocycles. The summed E-state index contributed by atoms with van der Waals surface area (Å²) in [7, 11) is 0. The van der Waals surface area contributed by atoms with Gasteiger partial charge in [0.05, 0.1) is 0 Å². The van der Waals surface area contributed by atoms with Gasteiger partial charge in [0, 0.05) is 12.7 Å². The Morgan fingerprint density at radius 2 is 1.85 bits per heavy atom. The zero-order valence-electron chi connectivity index (χ0n) is 12.6. The van der Waals surface area contributed by atoms with E-state index in [4.69, 9.17) is 4.74 Å². The van der Waals surface area contributed by atoms with E-state index in [2.05, 4.69) is 12.1 Å². The summed E-state index contributed by atoms with van der Waals surface area (Å²) in [6.45, 7) is 6.41. The van der Waals surface area contributed by atoms with Crippen LogP contribution in [0.4, 0.5) is 4.79 Å². The lowest BCUT2D eigenvalue weighted by atomic mass is 10.0. The van der Waals surface area contributed by atoms with Crippen molar-refractivity contribution in [3.63, 3.8) is 0 Å². The molecule has 1 amide bonds. The summed E-state index contributed by atoms with van der Waals surface area (Å²) in [5, 5.41) is 0. The van der Waals surface area contributed by atoms with Crippen molar-refractivity contribution in [3.8, 4) is 0 Å². The molecule has 0 fully saturated rings. The van der Waals surface area contributed by atoms with Crippen molar-refractivity contribution in [3.05, 3.63) is 42.1 Å². The zero-order valence-corrected chi connectivity index (χ0v) is 12.6. The van der Waals surface area contributed by atoms with Gasteiger partial charge in [0.1, 0.15) is 5.60 Å². The van der Waals surface area contributed by atoms with Crippen LogP contribution in [0.25, 0.3) is 5.57 Å². The number of allylic oxidation sites excluding steroid dienone is 1. The van der Waals surface area contributed by atoms with Gasteiger partial charge in [-0.15, -0.1) is 0 Å². The quantitative estimate of drug-likeness (QED) is 0.756. The number of carbonyl (C=O) groups is 1. The molecule has 1 heterocycles. The van der Waals surface area contributed by atoms with Crippen molar-refractivity contribution in [1.29, 1.82) is 0 Å². The molecular weight excluding hydrogens is 250 g/mol. The van der Waals surface area contributed by atoms with Gasteiger partial charge < -0.3 is 4.74 Å². The molecule has 0 unspecified atom stereocenters. The summed E-state index contributed by atoms with van der Waals surface area (Å²) in [6.07, 6.45) is 4.80. The average molecular weight is 273 g/mol. The van der Waals surface area contributed by atoms with Gasteiger partial charge in [0.15, 0.2) is 0 Å². The lowest BCUT2D eigenvalue weighted by molar-refractivity contribution is 0.0336. The average Bonchev–Trinajstić information content (AvgIpc) is 2.63. The molecule has 1 aromatic rings. The molecule has 1 aliphatic heterocycles. The first-order valence-corrected chi connectivity index (χ1v) is 7.21. The van der Waals surface area contributed by atoms with E-state index >= 15 is 0 Å². The van der Waals surface area contributed by atoms with E-state index in [0.29, 0.717) is 0 Å². The molecule has 0 saturated heterocycles. The maximum Gasteiger partial charge on any atom is 0.414 e. The molecule has 0 aliphatic carbocycles. The Bertz CT molecular complexity index is 485. The Kier molecular flexibility index (Phi) is 4.48. The van der Waals surface area contributed by atoms with Crippen LogP contribution in [0, 0.1) is 0 Å². The van der Waals surface area contributed by atoms with Crippen LogP contribution in [0.15, 0.2) is 36.5 Å². The first-order valence-electron chi connectivity index (χ1n) is 7.21. The summed E-state index contributed by atoms with van der Waals surface area (Å²) >= 11 is 0. The van der Waals surface area contributed by atoms with Gasteiger partial charge in [-0.25, -0.2) is 4.79 Å². The van der Waals surface area contributed by atoms with E-state index in [9.17, 15) is 4.79 Å². The van der Waals surface area contributed by atoms with Crippen LogP contribution in [0.2, 0.25) is 0 Å². The molecule has 2 rings (SSSR count). The van der Waals surface area contributed by atoms with Crippen molar-refractivity contribution in [2.75, 3.05) is 6.54 Å². The number of benzene rings is 1. The van der Waals surface area contributed by atoms with Crippen LogP contribution in [0.5, 0.6) is 0 Å².